The van der Waals surface area contributed by atoms with Crippen LogP contribution in [0.4, 0.5) is 0 Å². The third-order valence-electron chi connectivity index (χ3n) is 3.87. The monoisotopic (exact) mass is 277 g/mol. The molecular formula is C15H19NO4. The maximum absolute atomic E-state index is 12.4. The Hall–Kier alpha value is -2.04. The Morgan fingerprint density at radius 2 is 2.05 bits per heavy atom. The second kappa shape index (κ2) is 5.53. The molecule has 1 fully saturated rings. The summed E-state index contributed by atoms with van der Waals surface area (Å²) in [5, 5.41) is 19.0. The van der Waals surface area contributed by atoms with Crippen molar-refractivity contribution in [3.05, 3.63) is 29.3 Å². The van der Waals surface area contributed by atoms with Gasteiger partial charge in [-0.05, 0) is 43.4 Å². The lowest BCUT2D eigenvalue weighted by Gasteiger charge is -2.36. The fraction of sp³-hybridized carbons (Fsp3) is 0.467. The summed E-state index contributed by atoms with van der Waals surface area (Å²) in [6.07, 6.45) is 1.27. The lowest BCUT2D eigenvalue weighted by molar-refractivity contribution is -0.144. The number of hydrogen-bond acceptors (Lipinski definition) is 3. The fourth-order valence-electron chi connectivity index (χ4n) is 2.53. The Balaban J connectivity index is 2.26. The van der Waals surface area contributed by atoms with E-state index in [-0.39, 0.29) is 11.7 Å². The number of benzene rings is 1. The van der Waals surface area contributed by atoms with Gasteiger partial charge in [0.2, 0.25) is 0 Å². The summed E-state index contributed by atoms with van der Waals surface area (Å²) < 4.78 is 0. The zero-order valence-electron chi connectivity index (χ0n) is 11.7. The van der Waals surface area contributed by atoms with Crippen molar-refractivity contribution in [1.29, 1.82) is 0 Å². The van der Waals surface area contributed by atoms with Gasteiger partial charge in [-0.25, -0.2) is 4.79 Å². The van der Waals surface area contributed by atoms with E-state index in [0.717, 1.165) is 6.42 Å². The molecule has 1 aromatic carbocycles. The number of carbonyl (C=O) groups is 2. The number of aryl methyl sites for hydroxylation is 1. The molecule has 5 heteroatoms. The molecule has 2 atom stereocenters. The second-order valence-electron chi connectivity index (χ2n) is 5.48. The number of carbonyl (C=O) groups excluding carboxylic acids is 1. The molecule has 0 aliphatic carbocycles. The molecule has 0 bridgehead atoms. The van der Waals surface area contributed by atoms with E-state index in [1.807, 2.05) is 6.92 Å². The third-order valence-corrected chi connectivity index (χ3v) is 3.87. The van der Waals surface area contributed by atoms with Crippen molar-refractivity contribution >= 4 is 11.9 Å². The van der Waals surface area contributed by atoms with Crippen molar-refractivity contribution in [3.63, 3.8) is 0 Å². The van der Waals surface area contributed by atoms with Gasteiger partial charge in [-0.1, -0.05) is 13.0 Å². The van der Waals surface area contributed by atoms with Gasteiger partial charge in [-0.3, -0.25) is 4.79 Å². The molecule has 2 N–H and O–H groups in total. The third kappa shape index (κ3) is 2.76. The molecule has 2 rings (SSSR count). The van der Waals surface area contributed by atoms with Crippen molar-refractivity contribution in [1.82, 2.24) is 4.90 Å². The van der Waals surface area contributed by atoms with Gasteiger partial charge in [0.25, 0.3) is 5.91 Å². The van der Waals surface area contributed by atoms with E-state index in [1.54, 1.807) is 19.1 Å². The van der Waals surface area contributed by atoms with Crippen LogP contribution in [-0.4, -0.2) is 39.6 Å². The minimum atomic E-state index is -0.971. The predicted octanol–water partition coefficient (Wildman–Crippen LogP) is 2.03. The largest absolute Gasteiger partial charge is 0.508 e. The number of hydrogen-bond donors (Lipinski definition) is 2. The van der Waals surface area contributed by atoms with Gasteiger partial charge in [-0.15, -0.1) is 0 Å². The molecule has 1 amide bonds. The topological polar surface area (TPSA) is 77.8 Å². The SMILES string of the molecule is Cc1ccc(C(=O)N2CCC(C)CC2C(=O)O)cc1O. The van der Waals surface area contributed by atoms with Crippen LogP contribution in [0.2, 0.25) is 0 Å². The molecule has 1 aromatic rings. The summed E-state index contributed by atoms with van der Waals surface area (Å²) in [7, 11) is 0. The van der Waals surface area contributed by atoms with Gasteiger partial charge in [-0.2, -0.15) is 0 Å². The molecule has 1 aliphatic rings. The van der Waals surface area contributed by atoms with E-state index in [2.05, 4.69) is 0 Å². The van der Waals surface area contributed by atoms with E-state index in [9.17, 15) is 19.8 Å². The molecule has 0 aromatic heterocycles. The van der Waals surface area contributed by atoms with Crippen molar-refractivity contribution in [2.75, 3.05) is 6.54 Å². The normalized spacial score (nSPS) is 22.6. The van der Waals surface area contributed by atoms with Gasteiger partial charge < -0.3 is 15.1 Å². The molecule has 20 heavy (non-hydrogen) atoms. The van der Waals surface area contributed by atoms with Crippen LogP contribution in [0.25, 0.3) is 0 Å². The van der Waals surface area contributed by atoms with Crippen molar-refractivity contribution in [2.24, 2.45) is 5.92 Å². The second-order valence-corrected chi connectivity index (χ2v) is 5.48. The van der Waals surface area contributed by atoms with Crippen LogP contribution in [0.15, 0.2) is 18.2 Å². The summed E-state index contributed by atoms with van der Waals surface area (Å²) in [6, 6.07) is 3.89. The smallest absolute Gasteiger partial charge is 0.326 e. The Kier molecular flexibility index (Phi) is 3.97. The predicted molar refractivity (Wildman–Crippen MR) is 73.7 cm³/mol. The first-order chi connectivity index (χ1) is 9.40. The minimum Gasteiger partial charge on any atom is -0.508 e. The number of amides is 1. The lowest BCUT2D eigenvalue weighted by atomic mass is 9.92. The number of phenolic OH excluding ortho intramolecular Hbond substituents is 1. The Labute approximate surface area is 117 Å². The number of nitrogens with zero attached hydrogens (tertiary/aromatic N) is 1. The van der Waals surface area contributed by atoms with E-state index < -0.39 is 12.0 Å². The molecule has 0 saturated carbocycles. The number of aromatic hydroxyl groups is 1. The molecule has 0 radical (unpaired) electrons. The van der Waals surface area contributed by atoms with Crippen LogP contribution < -0.4 is 0 Å². The van der Waals surface area contributed by atoms with Crippen molar-refractivity contribution < 1.29 is 19.8 Å². The molecule has 1 heterocycles. The van der Waals surface area contributed by atoms with Gasteiger partial charge in [0, 0.05) is 12.1 Å². The highest BCUT2D eigenvalue weighted by molar-refractivity contribution is 5.97. The molecule has 1 saturated heterocycles. The number of phenols is 1. The summed E-state index contributed by atoms with van der Waals surface area (Å²) in [4.78, 5) is 25.2. The maximum Gasteiger partial charge on any atom is 0.326 e. The number of carboxylic acid groups (broad SMARTS) is 1. The maximum atomic E-state index is 12.4. The van der Waals surface area contributed by atoms with Crippen molar-refractivity contribution in [2.45, 2.75) is 32.7 Å². The van der Waals surface area contributed by atoms with Crippen LogP contribution in [0.3, 0.4) is 0 Å². The van der Waals surface area contributed by atoms with Crippen LogP contribution in [0, 0.1) is 12.8 Å². The highest BCUT2D eigenvalue weighted by Gasteiger charge is 2.35. The van der Waals surface area contributed by atoms with Gasteiger partial charge >= 0.3 is 5.97 Å². The number of likely N-dealkylation sites (tertiary alicyclic amines) is 1. The molecule has 1 aliphatic heterocycles. The average molecular weight is 277 g/mol. The first kappa shape index (κ1) is 14.4. The standard InChI is InChI=1S/C15H19NO4/c1-9-5-6-16(12(7-9)15(19)20)14(18)11-4-3-10(2)13(17)8-11/h3-4,8-9,12,17H,5-7H2,1-2H3,(H,19,20). The van der Waals surface area contributed by atoms with E-state index in [0.29, 0.717) is 30.0 Å². The summed E-state index contributed by atoms with van der Waals surface area (Å²) >= 11 is 0. The molecule has 108 valence electrons. The quantitative estimate of drug-likeness (QED) is 0.867. The first-order valence-electron chi connectivity index (χ1n) is 6.73. The van der Waals surface area contributed by atoms with Gasteiger partial charge in [0.1, 0.15) is 11.8 Å². The Bertz CT molecular complexity index is 541. The van der Waals surface area contributed by atoms with E-state index >= 15 is 0 Å². The van der Waals surface area contributed by atoms with E-state index in [1.165, 1.54) is 11.0 Å². The van der Waals surface area contributed by atoms with Crippen LogP contribution >= 0.6 is 0 Å². The highest BCUT2D eigenvalue weighted by atomic mass is 16.4. The zero-order valence-corrected chi connectivity index (χ0v) is 11.7. The zero-order chi connectivity index (χ0) is 14.9. The van der Waals surface area contributed by atoms with Crippen LogP contribution in [-0.2, 0) is 4.79 Å². The molecular weight excluding hydrogens is 258 g/mol. The average Bonchev–Trinajstić information content (AvgIpc) is 2.41. The summed E-state index contributed by atoms with van der Waals surface area (Å²) in [5.41, 5.74) is 1.01. The lowest BCUT2D eigenvalue weighted by Crippen LogP contribution is -2.49. The minimum absolute atomic E-state index is 0.0492. The van der Waals surface area contributed by atoms with Crippen LogP contribution in [0.1, 0.15) is 35.7 Å². The molecule has 5 nitrogen and oxygen atoms in total. The van der Waals surface area contributed by atoms with Crippen molar-refractivity contribution in [3.8, 4) is 5.75 Å². The van der Waals surface area contributed by atoms with Gasteiger partial charge in [0.05, 0.1) is 0 Å². The number of aliphatic carboxylic acids is 1. The summed E-state index contributed by atoms with van der Waals surface area (Å²) in [5.74, 6) is -0.958. The number of piperidine rings is 1. The first-order valence-corrected chi connectivity index (χ1v) is 6.73. The highest BCUT2D eigenvalue weighted by Crippen LogP contribution is 2.26. The number of carboxylic acids is 1. The van der Waals surface area contributed by atoms with Gasteiger partial charge in [0.15, 0.2) is 0 Å². The summed E-state index contributed by atoms with van der Waals surface area (Å²) in [6.45, 7) is 4.17. The molecule has 2 unspecified atom stereocenters. The number of rotatable bonds is 2. The Morgan fingerprint density at radius 1 is 1.35 bits per heavy atom. The molecule has 0 spiro atoms. The van der Waals surface area contributed by atoms with E-state index in [4.69, 9.17) is 0 Å². The van der Waals surface area contributed by atoms with Crippen LogP contribution in [0.5, 0.6) is 5.75 Å². The Morgan fingerprint density at radius 3 is 2.65 bits per heavy atom. The fourth-order valence-corrected chi connectivity index (χ4v) is 2.53.